The van der Waals surface area contributed by atoms with Gasteiger partial charge in [0.25, 0.3) is 0 Å². The number of rotatable bonds is 5. The summed E-state index contributed by atoms with van der Waals surface area (Å²) in [6.45, 7) is 4.11. The SMILES string of the molecule is Cc1ccc(-c2nc3cc(NC(=S)NC(=O)/C=C/c4ccc(-c5ccc(Cl)cc5Cl)o4)ccc3o2)cc1C. The fourth-order valence-corrected chi connectivity index (χ4v) is 4.47. The molecule has 1 amide bonds. The Balaban J connectivity index is 1.21. The second kappa shape index (κ2) is 10.8. The smallest absolute Gasteiger partial charge is 0.250 e. The van der Waals surface area contributed by atoms with Crippen LogP contribution in [0.5, 0.6) is 0 Å². The Labute approximate surface area is 234 Å². The van der Waals surface area contributed by atoms with E-state index in [0.717, 1.165) is 5.56 Å². The standard InChI is InChI=1S/C29H21Cl2N3O3S/c1-16-3-4-18(13-17(16)2)28-33-24-15-20(6-10-26(24)37-28)32-29(38)34-27(35)12-8-21-7-11-25(36-21)22-9-5-19(30)14-23(22)31/h3-15H,1-2H3,(H2,32,34,35,38)/b12-8+. The average molecular weight is 562 g/mol. The average Bonchev–Trinajstić information content (AvgIpc) is 3.51. The Morgan fingerprint density at radius 2 is 1.79 bits per heavy atom. The van der Waals surface area contributed by atoms with Gasteiger partial charge in [0.1, 0.15) is 17.0 Å². The highest BCUT2D eigenvalue weighted by atomic mass is 35.5. The van der Waals surface area contributed by atoms with Gasteiger partial charge in [0.2, 0.25) is 11.8 Å². The Hall–Kier alpha value is -3.91. The van der Waals surface area contributed by atoms with E-state index in [2.05, 4.69) is 29.5 Å². The number of benzene rings is 3. The topological polar surface area (TPSA) is 80.3 Å². The summed E-state index contributed by atoms with van der Waals surface area (Å²) >= 11 is 17.5. The molecule has 0 fully saturated rings. The molecule has 0 bridgehead atoms. The summed E-state index contributed by atoms with van der Waals surface area (Å²) in [7, 11) is 0. The summed E-state index contributed by atoms with van der Waals surface area (Å²) in [6, 6.07) is 20.1. The minimum atomic E-state index is -0.412. The zero-order chi connectivity index (χ0) is 26.8. The highest BCUT2D eigenvalue weighted by Crippen LogP contribution is 2.32. The van der Waals surface area contributed by atoms with Gasteiger partial charge in [0, 0.05) is 27.9 Å². The predicted molar refractivity (Wildman–Crippen MR) is 156 cm³/mol. The van der Waals surface area contributed by atoms with Gasteiger partial charge in [-0.15, -0.1) is 0 Å². The molecule has 3 aromatic carbocycles. The van der Waals surface area contributed by atoms with E-state index in [1.807, 2.05) is 24.3 Å². The molecule has 38 heavy (non-hydrogen) atoms. The first kappa shape index (κ1) is 25.7. The number of halogens is 2. The van der Waals surface area contributed by atoms with Crippen LogP contribution in [0.3, 0.4) is 0 Å². The van der Waals surface area contributed by atoms with Crippen molar-refractivity contribution in [2.45, 2.75) is 13.8 Å². The number of oxazole rings is 1. The van der Waals surface area contributed by atoms with Crippen LogP contribution in [0.25, 0.3) is 40.0 Å². The third-order valence-electron chi connectivity index (χ3n) is 5.86. The maximum atomic E-state index is 12.4. The lowest BCUT2D eigenvalue weighted by molar-refractivity contribution is -0.115. The molecule has 2 heterocycles. The zero-order valence-electron chi connectivity index (χ0n) is 20.3. The number of anilines is 1. The van der Waals surface area contributed by atoms with Gasteiger partial charge in [-0.1, -0.05) is 29.3 Å². The first-order valence-electron chi connectivity index (χ1n) is 11.6. The number of hydrogen-bond donors (Lipinski definition) is 2. The number of amides is 1. The molecule has 190 valence electrons. The Kier molecular flexibility index (Phi) is 7.33. The number of furan rings is 1. The maximum absolute atomic E-state index is 12.4. The van der Waals surface area contributed by atoms with Crippen molar-refractivity contribution in [1.82, 2.24) is 10.3 Å². The molecule has 9 heteroatoms. The lowest BCUT2D eigenvalue weighted by atomic mass is 10.1. The van der Waals surface area contributed by atoms with Crippen LogP contribution < -0.4 is 10.6 Å². The third kappa shape index (κ3) is 5.81. The monoisotopic (exact) mass is 561 g/mol. The Morgan fingerprint density at radius 3 is 2.58 bits per heavy atom. The van der Waals surface area contributed by atoms with E-state index in [0.29, 0.717) is 49.8 Å². The molecule has 0 saturated carbocycles. The largest absolute Gasteiger partial charge is 0.457 e. The number of nitrogens with one attached hydrogen (secondary N) is 2. The number of aryl methyl sites for hydroxylation is 2. The summed E-state index contributed by atoms with van der Waals surface area (Å²) in [5.74, 6) is 1.18. The van der Waals surface area contributed by atoms with E-state index >= 15 is 0 Å². The fourth-order valence-electron chi connectivity index (χ4n) is 3.75. The molecule has 2 aromatic heterocycles. The summed E-state index contributed by atoms with van der Waals surface area (Å²) < 4.78 is 11.7. The van der Waals surface area contributed by atoms with E-state index in [1.165, 1.54) is 17.2 Å². The molecule has 0 atom stereocenters. The summed E-state index contributed by atoms with van der Waals surface area (Å²) in [5.41, 5.74) is 5.98. The van der Waals surface area contributed by atoms with Crippen LogP contribution in [0.4, 0.5) is 5.69 Å². The van der Waals surface area contributed by atoms with Crippen LogP contribution in [-0.2, 0) is 4.79 Å². The highest BCUT2D eigenvalue weighted by Gasteiger charge is 2.11. The van der Waals surface area contributed by atoms with Crippen LogP contribution in [-0.4, -0.2) is 16.0 Å². The molecule has 0 aliphatic rings. The summed E-state index contributed by atoms with van der Waals surface area (Å²) in [6.07, 6.45) is 2.87. The summed E-state index contributed by atoms with van der Waals surface area (Å²) in [5, 5.41) is 6.77. The zero-order valence-corrected chi connectivity index (χ0v) is 22.7. The van der Waals surface area contributed by atoms with E-state index < -0.39 is 5.91 Å². The summed E-state index contributed by atoms with van der Waals surface area (Å²) in [4.78, 5) is 17.0. The minimum absolute atomic E-state index is 0.143. The van der Waals surface area contributed by atoms with Crippen molar-refractivity contribution in [1.29, 1.82) is 0 Å². The number of carbonyl (C=O) groups is 1. The molecule has 0 aliphatic carbocycles. The number of aromatic nitrogens is 1. The molecule has 0 unspecified atom stereocenters. The Morgan fingerprint density at radius 1 is 0.947 bits per heavy atom. The molecule has 2 N–H and O–H groups in total. The quantitative estimate of drug-likeness (QED) is 0.166. The van der Waals surface area contributed by atoms with Crippen molar-refractivity contribution >= 4 is 69.3 Å². The molecule has 6 nitrogen and oxygen atoms in total. The molecule has 0 radical (unpaired) electrons. The van der Waals surface area contributed by atoms with E-state index in [1.54, 1.807) is 48.5 Å². The lowest BCUT2D eigenvalue weighted by Crippen LogP contribution is -2.32. The molecule has 0 spiro atoms. The van der Waals surface area contributed by atoms with E-state index in [9.17, 15) is 4.79 Å². The number of hydrogen-bond acceptors (Lipinski definition) is 5. The van der Waals surface area contributed by atoms with Crippen molar-refractivity contribution in [3.63, 3.8) is 0 Å². The van der Waals surface area contributed by atoms with Crippen LogP contribution in [0, 0.1) is 13.8 Å². The van der Waals surface area contributed by atoms with Crippen LogP contribution in [0.2, 0.25) is 10.0 Å². The van der Waals surface area contributed by atoms with Crippen molar-refractivity contribution in [3.05, 3.63) is 99.7 Å². The van der Waals surface area contributed by atoms with E-state index in [-0.39, 0.29) is 5.11 Å². The van der Waals surface area contributed by atoms with Crippen LogP contribution in [0.1, 0.15) is 16.9 Å². The van der Waals surface area contributed by atoms with Crippen LogP contribution >= 0.6 is 35.4 Å². The first-order valence-corrected chi connectivity index (χ1v) is 12.7. The second-order valence-corrected chi connectivity index (χ2v) is 9.86. The number of nitrogens with zero attached hydrogens (tertiary/aromatic N) is 1. The number of fused-ring (bicyclic) bond motifs is 1. The van der Waals surface area contributed by atoms with Crippen molar-refractivity contribution in [3.8, 4) is 22.8 Å². The maximum Gasteiger partial charge on any atom is 0.250 e. The van der Waals surface area contributed by atoms with Gasteiger partial charge in [0.05, 0.1) is 5.02 Å². The first-order chi connectivity index (χ1) is 18.2. The molecule has 0 saturated heterocycles. The van der Waals surface area contributed by atoms with Gasteiger partial charge in [-0.2, -0.15) is 0 Å². The predicted octanol–water partition coefficient (Wildman–Crippen LogP) is 8.20. The third-order valence-corrected chi connectivity index (χ3v) is 6.61. The minimum Gasteiger partial charge on any atom is -0.457 e. The van der Waals surface area contributed by atoms with Gasteiger partial charge in [-0.3, -0.25) is 10.1 Å². The Bertz CT molecular complexity index is 1720. The van der Waals surface area contributed by atoms with Gasteiger partial charge in [0.15, 0.2) is 10.7 Å². The van der Waals surface area contributed by atoms with Crippen molar-refractivity contribution in [2.24, 2.45) is 0 Å². The fraction of sp³-hybridized carbons (Fsp3) is 0.0690. The van der Waals surface area contributed by atoms with E-state index in [4.69, 9.17) is 44.3 Å². The van der Waals surface area contributed by atoms with Gasteiger partial charge in [-0.05, 0) is 104 Å². The number of thiocarbonyl (C=S) groups is 1. The van der Waals surface area contributed by atoms with Gasteiger partial charge >= 0.3 is 0 Å². The molecule has 5 aromatic rings. The lowest BCUT2D eigenvalue weighted by Gasteiger charge is -2.07. The molecular weight excluding hydrogens is 541 g/mol. The number of carbonyl (C=O) groups excluding carboxylic acids is 1. The van der Waals surface area contributed by atoms with Gasteiger partial charge in [-0.25, -0.2) is 4.98 Å². The highest BCUT2D eigenvalue weighted by molar-refractivity contribution is 7.80. The van der Waals surface area contributed by atoms with Crippen molar-refractivity contribution in [2.75, 3.05) is 5.32 Å². The van der Waals surface area contributed by atoms with Gasteiger partial charge < -0.3 is 14.2 Å². The van der Waals surface area contributed by atoms with Crippen LogP contribution in [0.15, 0.2) is 81.6 Å². The molecule has 0 aliphatic heterocycles. The second-order valence-electron chi connectivity index (χ2n) is 8.60. The molecular formula is C29H21Cl2N3O3S. The molecule has 5 rings (SSSR count). The normalized spacial score (nSPS) is 11.3. The van der Waals surface area contributed by atoms with Crippen molar-refractivity contribution < 1.29 is 13.6 Å².